The zero-order valence-electron chi connectivity index (χ0n) is 14.2. The van der Waals surface area contributed by atoms with Crippen molar-refractivity contribution in [1.29, 1.82) is 0 Å². The molecule has 1 heterocycles. The maximum atomic E-state index is 12.2. The summed E-state index contributed by atoms with van der Waals surface area (Å²) < 4.78 is 0. The predicted octanol–water partition coefficient (Wildman–Crippen LogP) is 3.54. The van der Waals surface area contributed by atoms with Crippen molar-refractivity contribution in [3.8, 4) is 0 Å². The van der Waals surface area contributed by atoms with E-state index < -0.39 is 0 Å². The summed E-state index contributed by atoms with van der Waals surface area (Å²) in [6.45, 7) is 4.91. The first-order valence-corrected chi connectivity index (χ1v) is 9.29. The first kappa shape index (κ1) is 19.3. The lowest BCUT2D eigenvalue weighted by molar-refractivity contribution is -0.121. The lowest BCUT2D eigenvalue weighted by Crippen LogP contribution is -2.25. The molecule has 1 aromatic heterocycles. The molecule has 0 aliphatic carbocycles. The predicted molar refractivity (Wildman–Crippen MR) is 100 cm³/mol. The molecule has 2 N–H and O–H groups in total. The molecule has 0 atom stereocenters. The van der Waals surface area contributed by atoms with E-state index in [-0.39, 0.29) is 16.8 Å². The summed E-state index contributed by atoms with van der Waals surface area (Å²) in [5, 5.41) is 14.9. The minimum atomic E-state index is -0.340. The summed E-state index contributed by atoms with van der Waals surface area (Å²) >= 11 is 7.08. The lowest BCUT2D eigenvalue weighted by atomic mass is 10.1. The monoisotopic (exact) mass is 380 g/mol. The van der Waals surface area contributed by atoms with Gasteiger partial charge in [0.1, 0.15) is 5.01 Å². The van der Waals surface area contributed by atoms with Gasteiger partial charge in [0.2, 0.25) is 10.9 Å². The number of hydrogen-bond donors (Lipinski definition) is 2. The van der Waals surface area contributed by atoms with Gasteiger partial charge in [-0.1, -0.05) is 42.9 Å². The third-order valence-corrected chi connectivity index (χ3v) is 4.57. The number of rotatable bonds is 8. The van der Waals surface area contributed by atoms with Crippen LogP contribution in [0.1, 0.15) is 41.5 Å². The minimum Gasteiger partial charge on any atom is -0.356 e. The maximum Gasteiger partial charge on any atom is 0.286 e. The molecule has 0 fully saturated rings. The van der Waals surface area contributed by atoms with E-state index in [1.54, 1.807) is 24.3 Å². The Hall–Kier alpha value is -1.99. The number of anilines is 1. The zero-order valence-corrected chi connectivity index (χ0v) is 15.8. The van der Waals surface area contributed by atoms with Crippen LogP contribution in [-0.2, 0) is 11.2 Å². The SMILES string of the molecule is CC(C)CCNC(=O)CCc1nnc(C(=O)Nc2cccc(Cl)c2)s1. The van der Waals surface area contributed by atoms with E-state index in [1.807, 2.05) is 0 Å². The topological polar surface area (TPSA) is 84.0 Å². The van der Waals surface area contributed by atoms with Crippen molar-refractivity contribution in [3.63, 3.8) is 0 Å². The summed E-state index contributed by atoms with van der Waals surface area (Å²) in [4.78, 5) is 23.9. The number of amides is 2. The first-order valence-electron chi connectivity index (χ1n) is 8.10. The molecule has 0 radical (unpaired) electrons. The van der Waals surface area contributed by atoms with E-state index in [0.717, 1.165) is 6.42 Å². The molecule has 8 heteroatoms. The number of benzene rings is 1. The second kappa shape index (κ2) is 9.48. The van der Waals surface area contributed by atoms with E-state index in [4.69, 9.17) is 11.6 Å². The van der Waals surface area contributed by atoms with Gasteiger partial charge in [0.25, 0.3) is 5.91 Å². The largest absolute Gasteiger partial charge is 0.356 e. The van der Waals surface area contributed by atoms with Crippen LogP contribution < -0.4 is 10.6 Å². The highest BCUT2D eigenvalue weighted by Crippen LogP contribution is 2.17. The van der Waals surface area contributed by atoms with E-state index in [0.29, 0.717) is 41.0 Å². The summed E-state index contributed by atoms with van der Waals surface area (Å²) in [7, 11) is 0. The minimum absolute atomic E-state index is 0.0132. The van der Waals surface area contributed by atoms with Crippen molar-refractivity contribution < 1.29 is 9.59 Å². The normalized spacial score (nSPS) is 10.7. The Balaban J connectivity index is 1.81. The maximum absolute atomic E-state index is 12.2. The number of carbonyl (C=O) groups is 2. The van der Waals surface area contributed by atoms with Crippen LogP contribution >= 0.6 is 22.9 Å². The van der Waals surface area contributed by atoms with Gasteiger partial charge in [-0.25, -0.2) is 0 Å². The Morgan fingerprint density at radius 2 is 2.08 bits per heavy atom. The van der Waals surface area contributed by atoms with Gasteiger partial charge in [-0.2, -0.15) is 0 Å². The van der Waals surface area contributed by atoms with Gasteiger partial charge < -0.3 is 10.6 Å². The molecule has 134 valence electrons. The van der Waals surface area contributed by atoms with Gasteiger partial charge >= 0.3 is 0 Å². The summed E-state index contributed by atoms with van der Waals surface area (Å²) in [6.07, 6.45) is 1.76. The van der Waals surface area contributed by atoms with E-state index in [9.17, 15) is 9.59 Å². The third kappa shape index (κ3) is 6.80. The molecule has 25 heavy (non-hydrogen) atoms. The van der Waals surface area contributed by atoms with E-state index in [2.05, 4.69) is 34.7 Å². The van der Waals surface area contributed by atoms with Crippen molar-refractivity contribution in [2.75, 3.05) is 11.9 Å². The van der Waals surface area contributed by atoms with Crippen LogP contribution in [-0.4, -0.2) is 28.6 Å². The molecule has 0 saturated heterocycles. The second-order valence-electron chi connectivity index (χ2n) is 6.00. The Kier molecular flexibility index (Phi) is 7.33. The van der Waals surface area contributed by atoms with Crippen LogP contribution in [0, 0.1) is 5.92 Å². The van der Waals surface area contributed by atoms with Crippen LogP contribution in [0.15, 0.2) is 24.3 Å². The average molecular weight is 381 g/mol. The fourth-order valence-electron chi connectivity index (χ4n) is 2.01. The van der Waals surface area contributed by atoms with Gasteiger partial charge in [-0.15, -0.1) is 10.2 Å². The summed E-state index contributed by atoms with van der Waals surface area (Å²) in [6, 6.07) is 6.88. The van der Waals surface area contributed by atoms with Crippen molar-refractivity contribution in [1.82, 2.24) is 15.5 Å². The summed E-state index contributed by atoms with van der Waals surface area (Å²) in [5.74, 6) is 0.206. The van der Waals surface area contributed by atoms with Gasteiger partial charge in [0.05, 0.1) is 0 Å². The molecule has 2 amide bonds. The van der Waals surface area contributed by atoms with Crippen molar-refractivity contribution in [3.05, 3.63) is 39.3 Å². The fourth-order valence-corrected chi connectivity index (χ4v) is 2.93. The van der Waals surface area contributed by atoms with E-state index >= 15 is 0 Å². The highest BCUT2D eigenvalue weighted by atomic mass is 35.5. The van der Waals surface area contributed by atoms with E-state index in [1.165, 1.54) is 11.3 Å². The highest BCUT2D eigenvalue weighted by molar-refractivity contribution is 7.13. The van der Waals surface area contributed by atoms with Crippen LogP contribution in [0.5, 0.6) is 0 Å². The molecule has 0 saturated carbocycles. The second-order valence-corrected chi connectivity index (χ2v) is 7.50. The molecular formula is C17H21ClN4O2S. The number of hydrogen-bond acceptors (Lipinski definition) is 5. The number of halogens is 1. The molecule has 2 rings (SSSR count). The average Bonchev–Trinajstić information content (AvgIpc) is 3.02. The van der Waals surface area contributed by atoms with Crippen LogP contribution in [0.4, 0.5) is 5.69 Å². The van der Waals surface area contributed by atoms with Crippen LogP contribution in [0.2, 0.25) is 5.02 Å². The van der Waals surface area contributed by atoms with Crippen molar-refractivity contribution in [2.45, 2.75) is 33.1 Å². The number of nitrogens with one attached hydrogen (secondary N) is 2. The highest BCUT2D eigenvalue weighted by Gasteiger charge is 2.14. The van der Waals surface area contributed by atoms with Gasteiger partial charge in [-0.3, -0.25) is 9.59 Å². The zero-order chi connectivity index (χ0) is 18.2. The number of aromatic nitrogens is 2. The van der Waals surface area contributed by atoms with Gasteiger partial charge in [0.15, 0.2) is 0 Å². The fraction of sp³-hybridized carbons (Fsp3) is 0.412. The smallest absolute Gasteiger partial charge is 0.286 e. The van der Waals surface area contributed by atoms with Crippen LogP contribution in [0.3, 0.4) is 0 Å². The Bertz CT molecular complexity index is 733. The van der Waals surface area contributed by atoms with Crippen molar-refractivity contribution >= 4 is 40.4 Å². The van der Waals surface area contributed by atoms with Gasteiger partial charge in [-0.05, 0) is 30.5 Å². The Morgan fingerprint density at radius 3 is 2.80 bits per heavy atom. The Labute approximate surface area is 156 Å². The molecule has 0 spiro atoms. The van der Waals surface area contributed by atoms with Crippen molar-refractivity contribution in [2.24, 2.45) is 5.92 Å². The third-order valence-electron chi connectivity index (χ3n) is 3.35. The molecule has 2 aromatic rings. The number of carbonyl (C=O) groups excluding carboxylic acids is 2. The lowest BCUT2D eigenvalue weighted by Gasteiger charge is -2.06. The molecule has 0 aliphatic heterocycles. The quantitative estimate of drug-likeness (QED) is 0.733. The molecule has 0 aliphatic rings. The van der Waals surface area contributed by atoms with Crippen LogP contribution in [0.25, 0.3) is 0 Å². The summed E-state index contributed by atoms with van der Waals surface area (Å²) in [5.41, 5.74) is 0.596. The number of aryl methyl sites for hydroxylation is 1. The molecule has 0 bridgehead atoms. The van der Waals surface area contributed by atoms with Gasteiger partial charge in [0, 0.05) is 30.1 Å². The first-order chi connectivity index (χ1) is 11.9. The Morgan fingerprint density at radius 1 is 1.28 bits per heavy atom. The standard InChI is InChI=1S/C17H21ClN4O2S/c1-11(2)8-9-19-14(23)6-7-15-21-22-17(25-15)16(24)20-13-5-3-4-12(18)10-13/h3-5,10-11H,6-9H2,1-2H3,(H,19,23)(H,20,24). The molecule has 0 unspecified atom stereocenters. The molecular weight excluding hydrogens is 360 g/mol. The number of nitrogens with zero attached hydrogens (tertiary/aromatic N) is 2. The molecule has 1 aromatic carbocycles. The molecule has 6 nitrogen and oxygen atoms in total.